The number of nitrogens with zero attached hydrogens (tertiary/aromatic N) is 1. The fourth-order valence-corrected chi connectivity index (χ4v) is 4.34. The van der Waals surface area contributed by atoms with Crippen molar-refractivity contribution in [2.24, 2.45) is 0 Å². The molecule has 0 aliphatic heterocycles. The van der Waals surface area contributed by atoms with E-state index in [1.54, 1.807) is 4.90 Å². The van der Waals surface area contributed by atoms with Gasteiger partial charge in [0, 0.05) is 23.4 Å². The summed E-state index contributed by atoms with van der Waals surface area (Å²) in [7, 11) is 0. The first kappa shape index (κ1) is 24.3. The van der Waals surface area contributed by atoms with Crippen LogP contribution in [0.1, 0.15) is 43.9 Å². The summed E-state index contributed by atoms with van der Waals surface area (Å²) in [5.74, 6) is 0.867. The van der Waals surface area contributed by atoms with E-state index in [0.717, 1.165) is 16.7 Å². The van der Waals surface area contributed by atoms with Crippen LogP contribution >= 0.6 is 23.4 Å². The van der Waals surface area contributed by atoms with Gasteiger partial charge in [0.25, 0.3) is 0 Å². The number of benzene rings is 2. The SMILES string of the molecule is CC[C@H](C(=O)NC(C)C)N(Cc1cccc(C)c1)C(=O)CSCc1cccc(Cl)c1. The molecule has 6 heteroatoms. The number of carbonyl (C=O) groups excluding carboxylic acids is 2. The molecule has 0 unspecified atom stereocenters. The third-order valence-corrected chi connectivity index (χ3v) is 5.86. The summed E-state index contributed by atoms with van der Waals surface area (Å²) in [6.45, 7) is 8.25. The number of hydrogen-bond acceptors (Lipinski definition) is 3. The Balaban J connectivity index is 2.13. The van der Waals surface area contributed by atoms with Crippen LogP contribution in [0.15, 0.2) is 48.5 Å². The zero-order valence-electron chi connectivity index (χ0n) is 18.2. The molecule has 1 atom stereocenters. The second-order valence-electron chi connectivity index (χ2n) is 7.72. The molecular formula is C24H31ClN2O2S. The van der Waals surface area contributed by atoms with Gasteiger partial charge in [-0.05, 0) is 50.5 Å². The molecule has 2 aromatic carbocycles. The fourth-order valence-electron chi connectivity index (χ4n) is 3.27. The van der Waals surface area contributed by atoms with Crippen LogP contribution in [-0.2, 0) is 21.9 Å². The maximum absolute atomic E-state index is 13.2. The molecule has 0 fully saturated rings. The average Bonchev–Trinajstić information content (AvgIpc) is 2.67. The van der Waals surface area contributed by atoms with E-state index < -0.39 is 6.04 Å². The van der Waals surface area contributed by atoms with Crippen LogP contribution in [0.3, 0.4) is 0 Å². The second kappa shape index (κ2) is 12.0. The summed E-state index contributed by atoms with van der Waals surface area (Å²) >= 11 is 7.58. The molecule has 0 heterocycles. The van der Waals surface area contributed by atoms with Crippen molar-refractivity contribution >= 4 is 35.2 Å². The van der Waals surface area contributed by atoms with Crippen LogP contribution in [0.5, 0.6) is 0 Å². The van der Waals surface area contributed by atoms with Crippen LogP contribution in [0.4, 0.5) is 0 Å². The predicted molar refractivity (Wildman–Crippen MR) is 127 cm³/mol. The van der Waals surface area contributed by atoms with Crippen LogP contribution in [-0.4, -0.2) is 34.6 Å². The molecule has 2 aromatic rings. The van der Waals surface area contributed by atoms with Crippen molar-refractivity contribution in [2.45, 2.75) is 58.5 Å². The quantitative estimate of drug-likeness (QED) is 0.544. The van der Waals surface area contributed by atoms with Gasteiger partial charge in [0.1, 0.15) is 6.04 Å². The number of hydrogen-bond donors (Lipinski definition) is 1. The summed E-state index contributed by atoms with van der Waals surface area (Å²) in [5.41, 5.74) is 3.24. The Bertz CT molecular complexity index is 857. The van der Waals surface area contributed by atoms with Crippen molar-refractivity contribution < 1.29 is 9.59 Å². The van der Waals surface area contributed by atoms with Crippen LogP contribution in [0, 0.1) is 6.92 Å². The standard InChI is InChI=1S/C24H31ClN2O2S/c1-5-22(24(29)26-17(2)3)27(14-19-9-6-8-18(4)12-19)23(28)16-30-15-20-10-7-11-21(25)13-20/h6-13,17,22H,5,14-16H2,1-4H3,(H,26,29)/t22-/m1/s1. The van der Waals surface area contributed by atoms with Gasteiger partial charge in [-0.25, -0.2) is 0 Å². The van der Waals surface area contributed by atoms with E-state index in [9.17, 15) is 9.59 Å². The Morgan fingerprint density at radius 1 is 1.10 bits per heavy atom. The Labute approximate surface area is 189 Å². The van der Waals surface area contributed by atoms with Crippen molar-refractivity contribution in [1.82, 2.24) is 10.2 Å². The summed E-state index contributed by atoms with van der Waals surface area (Å²) in [4.78, 5) is 27.7. The smallest absolute Gasteiger partial charge is 0.243 e. The summed E-state index contributed by atoms with van der Waals surface area (Å²) in [6, 6.07) is 15.3. The lowest BCUT2D eigenvalue weighted by molar-refractivity contribution is -0.139. The molecule has 4 nitrogen and oxygen atoms in total. The topological polar surface area (TPSA) is 49.4 Å². The molecule has 0 aromatic heterocycles. The molecule has 1 N–H and O–H groups in total. The molecule has 0 aliphatic rings. The minimum absolute atomic E-state index is 0.0275. The van der Waals surface area contributed by atoms with Gasteiger partial charge in [0.2, 0.25) is 11.8 Å². The average molecular weight is 447 g/mol. The highest BCUT2D eigenvalue weighted by Gasteiger charge is 2.28. The second-order valence-corrected chi connectivity index (χ2v) is 9.14. The first-order valence-corrected chi connectivity index (χ1v) is 11.8. The first-order valence-electron chi connectivity index (χ1n) is 10.3. The lowest BCUT2D eigenvalue weighted by Gasteiger charge is -2.31. The summed E-state index contributed by atoms with van der Waals surface area (Å²) < 4.78 is 0. The van der Waals surface area contributed by atoms with Crippen molar-refractivity contribution in [1.29, 1.82) is 0 Å². The predicted octanol–water partition coefficient (Wildman–Crippen LogP) is 5.21. The third-order valence-electron chi connectivity index (χ3n) is 4.64. The molecule has 0 radical (unpaired) electrons. The maximum Gasteiger partial charge on any atom is 0.243 e. The van der Waals surface area contributed by atoms with Gasteiger partial charge < -0.3 is 10.2 Å². The monoisotopic (exact) mass is 446 g/mol. The van der Waals surface area contributed by atoms with Crippen molar-refractivity contribution in [2.75, 3.05) is 5.75 Å². The van der Waals surface area contributed by atoms with Gasteiger partial charge in [0.05, 0.1) is 5.75 Å². The molecule has 2 rings (SSSR count). The van der Waals surface area contributed by atoms with E-state index in [4.69, 9.17) is 11.6 Å². The third kappa shape index (κ3) is 7.69. The number of carbonyl (C=O) groups is 2. The van der Waals surface area contributed by atoms with E-state index in [0.29, 0.717) is 29.5 Å². The molecule has 0 spiro atoms. The first-order chi connectivity index (χ1) is 14.3. The molecule has 162 valence electrons. The Morgan fingerprint density at radius 2 is 1.80 bits per heavy atom. The van der Waals surface area contributed by atoms with Gasteiger partial charge in [-0.1, -0.05) is 60.5 Å². The molecule has 0 aliphatic carbocycles. The number of thioether (sulfide) groups is 1. The van der Waals surface area contributed by atoms with Crippen molar-refractivity contribution in [3.8, 4) is 0 Å². The van der Waals surface area contributed by atoms with Crippen molar-refractivity contribution in [3.05, 3.63) is 70.2 Å². The number of rotatable bonds is 10. The molecule has 0 saturated heterocycles. The fraction of sp³-hybridized carbons (Fsp3) is 0.417. The van der Waals surface area contributed by atoms with Gasteiger partial charge in [-0.15, -0.1) is 11.8 Å². The van der Waals surface area contributed by atoms with E-state index in [1.165, 1.54) is 11.8 Å². The van der Waals surface area contributed by atoms with Gasteiger partial charge in [-0.2, -0.15) is 0 Å². The van der Waals surface area contributed by atoms with Crippen molar-refractivity contribution in [3.63, 3.8) is 0 Å². The molecular weight excluding hydrogens is 416 g/mol. The Morgan fingerprint density at radius 3 is 2.43 bits per heavy atom. The van der Waals surface area contributed by atoms with Gasteiger partial charge >= 0.3 is 0 Å². The number of aryl methyl sites for hydroxylation is 1. The summed E-state index contributed by atoms with van der Waals surface area (Å²) in [5, 5.41) is 3.65. The highest BCUT2D eigenvalue weighted by molar-refractivity contribution is 7.99. The largest absolute Gasteiger partial charge is 0.352 e. The van der Waals surface area contributed by atoms with Crippen LogP contribution in [0.25, 0.3) is 0 Å². The maximum atomic E-state index is 13.2. The zero-order chi connectivity index (χ0) is 22.1. The van der Waals surface area contributed by atoms with E-state index >= 15 is 0 Å². The Hall–Kier alpha value is -1.98. The molecule has 0 bridgehead atoms. The normalized spacial score (nSPS) is 11.9. The van der Waals surface area contributed by atoms with Crippen LogP contribution < -0.4 is 5.32 Å². The highest BCUT2D eigenvalue weighted by Crippen LogP contribution is 2.19. The number of nitrogens with one attached hydrogen (secondary N) is 1. The number of amides is 2. The minimum Gasteiger partial charge on any atom is -0.352 e. The minimum atomic E-state index is -0.493. The van der Waals surface area contributed by atoms with Crippen LogP contribution in [0.2, 0.25) is 5.02 Å². The number of halogens is 1. The lowest BCUT2D eigenvalue weighted by atomic mass is 10.1. The highest BCUT2D eigenvalue weighted by atomic mass is 35.5. The van der Waals surface area contributed by atoms with E-state index in [1.807, 2.05) is 70.2 Å². The molecule has 30 heavy (non-hydrogen) atoms. The lowest BCUT2D eigenvalue weighted by Crippen LogP contribution is -2.50. The Kier molecular flexibility index (Phi) is 9.73. The van der Waals surface area contributed by atoms with Gasteiger partial charge in [-0.3, -0.25) is 9.59 Å². The summed E-state index contributed by atoms with van der Waals surface area (Å²) in [6.07, 6.45) is 0.565. The van der Waals surface area contributed by atoms with Gasteiger partial charge in [0.15, 0.2) is 0 Å². The van der Waals surface area contributed by atoms with E-state index in [2.05, 4.69) is 11.4 Å². The molecule has 0 saturated carbocycles. The molecule has 2 amide bonds. The van der Waals surface area contributed by atoms with E-state index in [-0.39, 0.29) is 17.9 Å². The zero-order valence-corrected chi connectivity index (χ0v) is 19.7.